The van der Waals surface area contributed by atoms with Crippen LogP contribution in [0.2, 0.25) is 0 Å². The molecule has 2 unspecified atom stereocenters. The van der Waals surface area contributed by atoms with Crippen LogP contribution in [-0.2, 0) is 0 Å². The van der Waals surface area contributed by atoms with Gasteiger partial charge in [-0.2, -0.15) is 0 Å². The monoisotopic (exact) mass is 235 g/mol. The Morgan fingerprint density at radius 3 is 2.76 bits per heavy atom. The summed E-state index contributed by atoms with van der Waals surface area (Å²) in [6, 6.07) is 4.65. The van der Waals surface area contributed by atoms with Gasteiger partial charge in [0.1, 0.15) is 5.82 Å². The molecule has 1 fully saturated rings. The minimum atomic E-state index is -0.434. The Labute approximate surface area is 101 Å². The molecule has 0 heterocycles. The maximum atomic E-state index is 13.6. The molecule has 0 bridgehead atoms. The number of carbonyl (C=O) groups is 1. The third kappa shape index (κ3) is 2.65. The topological polar surface area (TPSA) is 20.3 Å². The smallest absolute Gasteiger partial charge is 0.256 e. The van der Waals surface area contributed by atoms with Crippen LogP contribution in [0, 0.1) is 24.6 Å². The average Bonchev–Trinajstić information content (AvgIpc) is 2.96. The van der Waals surface area contributed by atoms with E-state index in [4.69, 9.17) is 0 Å². The molecule has 1 saturated carbocycles. The molecule has 0 aliphatic heterocycles. The van der Waals surface area contributed by atoms with Gasteiger partial charge >= 0.3 is 0 Å². The van der Waals surface area contributed by atoms with E-state index >= 15 is 0 Å². The van der Waals surface area contributed by atoms with Gasteiger partial charge in [0.2, 0.25) is 0 Å². The fourth-order valence-corrected chi connectivity index (χ4v) is 2.10. The molecule has 2 rings (SSSR count). The fraction of sp³-hybridized carbons (Fsp3) is 0.500. The molecule has 1 aliphatic rings. The molecule has 17 heavy (non-hydrogen) atoms. The average molecular weight is 235 g/mol. The van der Waals surface area contributed by atoms with Crippen LogP contribution >= 0.6 is 0 Å². The maximum Gasteiger partial charge on any atom is 0.256 e. The van der Waals surface area contributed by atoms with Gasteiger partial charge < -0.3 is 4.90 Å². The van der Waals surface area contributed by atoms with E-state index in [9.17, 15) is 9.18 Å². The molecule has 1 amide bonds. The minimum absolute atomic E-state index is 0.181. The Balaban J connectivity index is 2.10. The van der Waals surface area contributed by atoms with Crippen molar-refractivity contribution in [2.24, 2.45) is 11.8 Å². The predicted molar refractivity (Wildman–Crippen MR) is 65.4 cm³/mol. The second kappa shape index (κ2) is 4.47. The lowest BCUT2D eigenvalue weighted by Crippen LogP contribution is -2.29. The van der Waals surface area contributed by atoms with Gasteiger partial charge in [-0.05, 0) is 37.3 Å². The van der Waals surface area contributed by atoms with Crippen molar-refractivity contribution < 1.29 is 9.18 Å². The molecule has 2 atom stereocenters. The molecule has 0 aromatic heterocycles. The van der Waals surface area contributed by atoms with Gasteiger partial charge in [0.05, 0.1) is 5.56 Å². The first-order valence-corrected chi connectivity index (χ1v) is 6.00. The highest BCUT2D eigenvalue weighted by molar-refractivity contribution is 5.94. The molecular weight excluding hydrogens is 217 g/mol. The van der Waals surface area contributed by atoms with E-state index in [0.29, 0.717) is 11.8 Å². The lowest BCUT2D eigenvalue weighted by Gasteiger charge is -2.17. The zero-order valence-corrected chi connectivity index (χ0v) is 10.5. The summed E-state index contributed by atoms with van der Waals surface area (Å²) in [5.74, 6) is 0.644. The third-order valence-electron chi connectivity index (χ3n) is 3.48. The molecule has 0 spiro atoms. The zero-order valence-electron chi connectivity index (χ0n) is 10.5. The van der Waals surface area contributed by atoms with Gasteiger partial charge in [0.15, 0.2) is 0 Å². The highest BCUT2D eigenvalue weighted by atomic mass is 19.1. The minimum Gasteiger partial charge on any atom is -0.341 e. The Morgan fingerprint density at radius 2 is 2.18 bits per heavy atom. The van der Waals surface area contributed by atoms with E-state index in [1.165, 1.54) is 12.5 Å². The summed E-state index contributed by atoms with van der Waals surface area (Å²) in [6.45, 7) is 4.77. The number of nitrogens with zero attached hydrogens (tertiary/aromatic N) is 1. The number of benzene rings is 1. The van der Waals surface area contributed by atoms with Crippen molar-refractivity contribution in [2.75, 3.05) is 13.6 Å². The number of carbonyl (C=O) groups excluding carboxylic acids is 1. The van der Waals surface area contributed by atoms with Crippen LogP contribution in [0.4, 0.5) is 4.39 Å². The summed E-state index contributed by atoms with van der Waals surface area (Å²) in [5, 5.41) is 0. The van der Waals surface area contributed by atoms with Crippen LogP contribution in [0.3, 0.4) is 0 Å². The van der Waals surface area contributed by atoms with Crippen molar-refractivity contribution in [3.8, 4) is 0 Å². The SMILES string of the molecule is Cc1ccc(F)c(C(=O)N(C)CC2CC2C)c1. The molecule has 1 aromatic rings. The lowest BCUT2D eigenvalue weighted by atomic mass is 10.1. The van der Waals surface area contributed by atoms with Gasteiger partial charge in [-0.25, -0.2) is 4.39 Å². The number of aryl methyl sites for hydroxylation is 1. The second-order valence-electron chi connectivity index (χ2n) is 5.14. The van der Waals surface area contributed by atoms with Crippen molar-refractivity contribution in [1.82, 2.24) is 4.90 Å². The largest absolute Gasteiger partial charge is 0.341 e. The van der Waals surface area contributed by atoms with Crippen molar-refractivity contribution in [1.29, 1.82) is 0 Å². The predicted octanol–water partition coefficient (Wildman–Crippen LogP) is 2.86. The van der Waals surface area contributed by atoms with Gasteiger partial charge in [-0.3, -0.25) is 4.79 Å². The third-order valence-corrected chi connectivity index (χ3v) is 3.48. The van der Waals surface area contributed by atoms with E-state index in [0.717, 1.165) is 12.1 Å². The van der Waals surface area contributed by atoms with E-state index in [1.807, 2.05) is 6.92 Å². The summed E-state index contributed by atoms with van der Waals surface area (Å²) in [5.41, 5.74) is 1.09. The van der Waals surface area contributed by atoms with Crippen molar-refractivity contribution in [3.63, 3.8) is 0 Å². The normalized spacial score (nSPS) is 22.4. The van der Waals surface area contributed by atoms with Crippen LogP contribution in [-0.4, -0.2) is 24.4 Å². The van der Waals surface area contributed by atoms with Gasteiger partial charge in [-0.15, -0.1) is 0 Å². The van der Waals surface area contributed by atoms with Crippen LogP contribution in [0.25, 0.3) is 0 Å². The van der Waals surface area contributed by atoms with Gasteiger partial charge in [-0.1, -0.05) is 18.6 Å². The van der Waals surface area contributed by atoms with Crippen molar-refractivity contribution in [3.05, 3.63) is 35.1 Å². The van der Waals surface area contributed by atoms with Gasteiger partial charge in [0.25, 0.3) is 5.91 Å². The summed E-state index contributed by atoms with van der Waals surface area (Å²) in [7, 11) is 1.75. The molecular formula is C14H18FNO. The lowest BCUT2D eigenvalue weighted by molar-refractivity contribution is 0.0782. The Morgan fingerprint density at radius 1 is 1.53 bits per heavy atom. The highest BCUT2D eigenvalue weighted by Crippen LogP contribution is 2.38. The molecule has 2 nitrogen and oxygen atoms in total. The first-order valence-electron chi connectivity index (χ1n) is 6.00. The van der Waals surface area contributed by atoms with E-state index in [1.54, 1.807) is 24.1 Å². The van der Waals surface area contributed by atoms with Crippen molar-refractivity contribution >= 4 is 5.91 Å². The van der Waals surface area contributed by atoms with Crippen LogP contribution in [0.15, 0.2) is 18.2 Å². The number of halogens is 1. The second-order valence-corrected chi connectivity index (χ2v) is 5.14. The number of hydrogen-bond donors (Lipinski definition) is 0. The standard InChI is InChI=1S/C14H18FNO/c1-9-4-5-13(15)12(6-9)14(17)16(3)8-11-7-10(11)2/h4-6,10-11H,7-8H2,1-3H3. The fourth-order valence-electron chi connectivity index (χ4n) is 2.10. The first kappa shape index (κ1) is 12.1. The molecule has 92 valence electrons. The Hall–Kier alpha value is -1.38. The summed E-state index contributed by atoms with van der Waals surface area (Å²) < 4.78 is 13.6. The molecule has 0 N–H and O–H groups in total. The summed E-state index contributed by atoms with van der Waals surface area (Å²) in [4.78, 5) is 13.7. The molecule has 0 saturated heterocycles. The molecule has 0 radical (unpaired) electrons. The highest BCUT2D eigenvalue weighted by Gasteiger charge is 2.34. The summed E-state index contributed by atoms with van der Waals surface area (Å²) >= 11 is 0. The quantitative estimate of drug-likeness (QED) is 0.789. The molecule has 1 aliphatic carbocycles. The van der Waals surface area contributed by atoms with Crippen LogP contribution < -0.4 is 0 Å². The van der Waals surface area contributed by atoms with E-state index in [-0.39, 0.29) is 11.5 Å². The van der Waals surface area contributed by atoms with Crippen molar-refractivity contribution in [2.45, 2.75) is 20.3 Å². The number of amides is 1. The zero-order chi connectivity index (χ0) is 12.6. The number of rotatable bonds is 3. The molecule has 1 aromatic carbocycles. The van der Waals surface area contributed by atoms with E-state index in [2.05, 4.69) is 6.92 Å². The van der Waals surface area contributed by atoms with E-state index < -0.39 is 5.82 Å². The van der Waals surface area contributed by atoms with Gasteiger partial charge in [0, 0.05) is 13.6 Å². The number of hydrogen-bond acceptors (Lipinski definition) is 1. The Kier molecular flexibility index (Phi) is 3.18. The maximum absolute atomic E-state index is 13.6. The molecule has 3 heteroatoms. The van der Waals surface area contributed by atoms with Crippen LogP contribution in [0.1, 0.15) is 29.3 Å². The first-order chi connectivity index (χ1) is 7.99. The Bertz CT molecular complexity index is 444. The van der Waals surface area contributed by atoms with Crippen LogP contribution in [0.5, 0.6) is 0 Å². The summed E-state index contributed by atoms with van der Waals surface area (Å²) in [6.07, 6.45) is 1.17.